The molecule has 0 spiro atoms. The highest BCUT2D eigenvalue weighted by Crippen LogP contribution is 2.37. The first-order valence-electron chi connectivity index (χ1n) is 14.3. The van der Waals surface area contributed by atoms with Crippen LogP contribution in [0, 0.1) is 17.2 Å². The predicted octanol–water partition coefficient (Wildman–Crippen LogP) is 7.43. The van der Waals surface area contributed by atoms with Gasteiger partial charge in [0.05, 0.1) is 5.56 Å². The number of nitrogens with zero attached hydrogens (tertiary/aromatic N) is 3. The first-order chi connectivity index (χ1) is 19.5. The minimum Gasteiger partial charge on any atom is -0.480 e. The number of likely N-dealkylation sites (tertiary alicyclic amines) is 2. The molecule has 5 nitrogen and oxygen atoms in total. The molecule has 4 rings (SSSR count). The average Bonchev–Trinajstić information content (AvgIpc) is 3.36. The Labute approximate surface area is 243 Å². The lowest BCUT2D eigenvalue weighted by atomic mass is 9.85. The lowest BCUT2D eigenvalue weighted by Gasteiger charge is -2.34. The summed E-state index contributed by atoms with van der Waals surface area (Å²) in [5.74, 6) is -3.73. The van der Waals surface area contributed by atoms with Gasteiger partial charge in [0, 0.05) is 19.2 Å². The number of hydrogen-bond donors (Lipinski definition) is 1. The fourth-order valence-electron chi connectivity index (χ4n) is 5.77. The molecular formula is C31H41F6N3O2. The Morgan fingerprint density at radius 2 is 1.69 bits per heavy atom. The van der Waals surface area contributed by atoms with E-state index in [2.05, 4.69) is 9.88 Å². The van der Waals surface area contributed by atoms with Gasteiger partial charge in [0.1, 0.15) is 17.6 Å². The van der Waals surface area contributed by atoms with Crippen molar-refractivity contribution in [2.24, 2.45) is 11.3 Å². The second kappa shape index (κ2) is 13.8. The number of aromatic nitrogens is 1. The van der Waals surface area contributed by atoms with Crippen molar-refractivity contribution in [2.75, 3.05) is 33.2 Å². The minimum atomic E-state index is -4.56. The second-order valence-corrected chi connectivity index (χ2v) is 12.6. The number of halogens is 6. The number of piperidine rings is 1. The van der Waals surface area contributed by atoms with E-state index in [1.807, 2.05) is 38.8 Å². The van der Waals surface area contributed by atoms with E-state index in [0.717, 1.165) is 50.5 Å². The highest BCUT2D eigenvalue weighted by atomic mass is 19.4. The molecule has 1 N–H and O–H groups in total. The summed E-state index contributed by atoms with van der Waals surface area (Å²) in [6.45, 7) is 9.06. The van der Waals surface area contributed by atoms with E-state index in [1.165, 1.54) is 6.07 Å². The van der Waals surface area contributed by atoms with Gasteiger partial charge in [0.15, 0.2) is 0 Å². The van der Waals surface area contributed by atoms with E-state index in [1.54, 1.807) is 12.1 Å². The first kappa shape index (κ1) is 33.8. The summed E-state index contributed by atoms with van der Waals surface area (Å²) in [5, 5.41) is 9.47. The Hall–Kier alpha value is -2.66. The molecule has 2 saturated heterocycles. The van der Waals surface area contributed by atoms with E-state index >= 15 is 0 Å². The summed E-state index contributed by atoms with van der Waals surface area (Å²) in [6, 6.07) is 7.56. The van der Waals surface area contributed by atoms with Gasteiger partial charge in [0.25, 0.3) is 5.92 Å². The summed E-state index contributed by atoms with van der Waals surface area (Å²) < 4.78 is 78.6. The standard InChI is InChI=1S/C16H22FNO2.C15H19F5N2/c1-16(2,3)14(15(19)20)18-8-7-12(10-18)11-5-4-6-13(17)9-11;1-22-8-5-11(6-9-22)4-7-14(16,17)13-3-2-12(10-21-13)15(18,19)20/h4-6,9,12,14H,7-8,10H2,1-3H3,(H,19,20);2-3,10-11H,4-9H2,1H3. The zero-order valence-corrected chi connectivity index (χ0v) is 24.6. The van der Waals surface area contributed by atoms with E-state index in [9.17, 15) is 36.2 Å². The molecule has 0 saturated carbocycles. The molecular weight excluding hydrogens is 560 g/mol. The molecule has 234 valence electrons. The van der Waals surface area contributed by atoms with Gasteiger partial charge in [-0.2, -0.15) is 22.0 Å². The van der Waals surface area contributed by atoms with Crippen LogP contribution in [0.3, 0.4) is 0 Å². The van der Waals surface area contributed by atoms with Gasteiger partial charge in [-0.15, -0.1) is 0 Å². The lowest BCUT2D eigenvalue weighted by molar-refractivity contribution is -0.147. The number of hydrogen-bond acceptors (Lipinski definition) is 4. The third-order valence-electron chi connectivity index (χ3n) is 8.13. The third-order valence-corrected chi connectivity index (χ3v) is 8.13. The molecule has 0 amide bonds. The fourth-order valence-corrected chi connectivity index (χ4v) is 5.77. The number of pyridine rings is 1. The quantitative estimate of drug-likeness (QED) is 0.335. The van der Waals surface area contributed by atoms with Gasteiger partial charge in [-0.3, -0.25) is 14.7 Å². The number of alkyl halides is 5. The first-order valence-corrected chi connectivity index (χ1v) is 14.3. The maximum atomic E-state index is 14.1. The SMILES string of the molecule is CC(C)(C)C(C(=O)O)N1CCC(c2cccc(F)c2)C1.CN1CCC(CCC(F)(F)c2ccc(C(F)(F)F)cn2)CC1. The van der Waals surface area contributed by atoms with Gasteiger partial charge in [0.2, 0.25) is 0 Å². The molecule has 42 heavy (non-hydrogen) atoms. The van der Waals surface area contributed by atoms with Crippen LogP contribution in [0.5, 0.6) is 0 Å². The highest BCUT2D eigenvalue weighted by molar-refractivity contribution is 5.74. The molecule has 2 aliphatic heterocycles. The lowest BCUT2D eigenvalue weighted by Crippen LogP contribution is -2.48. The number of rotatable bonds is 7. The molecule has 0 bridgehead atoms. The Bertz CT molecular complexity index is 1160. The number of carboxylic acid groups (broad SMARTS) is 1. The maximum absolute atomic E-state index is 14.1. The average molecular weight is 602 g/mol. The zero-order valence-electron chi connectivity index (χ0n) is 24.6. The Morgan fingerprint density at radius 3 is 2.21 bits per heavy atom. The van der Waals surface area contributed by atoms with Crippen LogP contribution in [0.15, 0.2) is 42.6 Å². The predicted molar refractivity (Wildman–Crippen MR) is 149 cm³/mol. The van der Waals surface area contributed by atoms with Crippen LogP contribution in [-0.4, -0.2) is 65.1 Å². The molecule has 1 aromatic carbocycles. The number of aliphatic carboxylic acids is 1. The largest absolute Gasteiger partial charge is 0.480 e. The van der Waals surface area contributed by atoms with Crippen molar-refractivity contribution in [3.8, 4) is 0 Å². The van der Waals surface area contributed by atoms with Gasteiger partial charge in [-0.25, -0.2) is 4.39 Å². The summed E-state index contributed by atoms with van der Waals surface area (Å²) in [4.78, 5) is 19.0. The Balaban J connectivity index is 0.000000231. The normalized spacial score (nSPS) is 20.2. The summed E-state index contributed by atoms with van der Waals surface area (Å²) in [6.07, 6.45) is -1.46. The fraction of sp³-hybridized carbons (Fsp3) is 0.613. The zero-order chi connectivity index (χ0) is 31.3. The molecule has 2 unspecified atom stereocenters. The van der Waals surface area contributed by atoms with Crippen LogP contribution in [-0.2, 0) is 16.9 Å². The van der Waals surface area contributed by atoms with E-state index < -0.39 is 35.4 Å². The van der Waals surface area contributed by atoms with Crippen LogP contribution in [0.1, 0.15) is 75.6 Å². The third kappa shape index (κ3) is 9.42. The van der Waals surface area contributed by atoms with E-state index in [4.69, 9.17) is 0 Å². The molecule has 11 heteroatoms. The summed E-state index contributed by atoms with van der Waals surface area (Å²) in [5.41, 5.74) is -0.954. The van der Waals surface area contributed by atoms with Crippen molar-refractivity contribution < 1.29 is 36.2 Å². The van der Waals surface area contributed by atoms with Gasteiger partial charge < -0.3 is 10.0 Å². The number of carboxylic acids is 1. The van der Waals surface area contributed by atoms with Gasteiger partial charge in [-0.1, -0.05) is 32.9 Å². The van der Waals surface area contributed by atoms with E-state index in [0.29, 0.717) is 25.2 Å². The number of carbonyl (C=O) groups is 1. The molecule has 2 aromatic rings. The second-order valence-electron chi connectivity index (χ2n) is 12.6. The van der Waals surface area contributed by atoms with Crippen molar-refractivity contribution in [1.29, 1.82) is 0 Å². The monoisotopic (exact) mass is 601 g/mol. The van der Waals surface area contributed by atoms with Crippen LogP contribution in [0.4, 0.5) is 26.3 Å². The van der Waals surface area contributed by atoms with Gasteiger partial charge in [-0.05, 0) is 99.4 Å². The summed E-state index contributed by atoms with van der Waals surface area (Å²) in [7, 11) is 2.00. The smallest absolute Gasteiger partial charge is 0.417 e. The Kier molecular flexibility index (Phi) is 11.1. The molecule has 3 heterocycles. The van der Waals surface area contributed by atoms with Crippen LogP contribution < -0.4 is 0 Å². The van der Waals surface area contributed by atoms with Crippen molar-refractivity contribution >= 4 is 5.97 Å². The maximum Gasteiger partial charge on any atom is 0.417 e. The summed E-state index contributed by atoms with van der Waals surface area (Å²) >= 11 is 0. The minimum absolute atomic E-state index is 0.217. The Morgan fingerprint density at radius 1 is 1.02 bits per heavy atom. The number of benzene rings is 1. The molecule has 2 fully saturated rings. The highest BCUT2D eigenvalue weighted by Gasteiger charge is 2.40. The van der Waals surface area contributed by atoms with Crippen molar-refractivity contribution in [2.45, 2.75) is 76.9 Å². The van der Waals surface area contributed by atoms with Gasteiger partial charge >= 0.3 is 12.1 Å². The van der Waals surface area contributed by atoms with E-state index in [-0.39, 0.29) is 29.5 Å². The van der Waals surface area contributed by atoms with Crippen molar-refractivity contribution in [3.63, 3.8) is 0 Å². The van der Waals surface area contributed by atoms with Crippen LogP contribution in [0.25, 0.3) is 0 Å². The molecule has 0 aliphatic carbocycles. The molecule has 0 radical (unpaired) electrons. The molecule has 1 aromatic heterocycles. The molecule has 2 atom stereocenters. The van der Waals surface area contributed by atoms with Crippen LogP contribution >= 0.6 is 0 Å². The van der Waals surface area contributed by atoms with Crippen LogP contribution in [0.2, 0.25) is 0 Å². The topological polar surface area (TPSA) is 56.7 Å². The molecule has 2 aliphatic rings. The van der Waals surface area contributed by atoms with Crippen molar-refractivity contribution in [1.82, 2.24) is 14.8 Å². The van der Waals surface area contributed by atoms with Crippen molar-refractivity contribution in [3.05, 3.63) is 65.2 Å².